The van der Waals surface area contributed by atoms with Gasteiger partial charge in [-0.25, -0.2) is 0 Å². The zero-order valence-electron chi connectivity index (χ0n) is 13.4. The highest BCUT2D eigenvalue weighted by molar-refractivity contribution is 9.10. The highest BCUT2D eigenvalue weighted by Crippen LogP contribution is 2.29. The maximum Gasteiger partial charge on any atom is 0.225 e. The standard InChI is InChI=1S/C17H25BrN2O.ClH/c1-3-9-20(12-14-4-5-14)10-8-17(21)19-15-6-7-16(18)13(2)11-15;/h6-7,11,14H,3-5,8-10,12H2,1-2H3,(H,19,21);1H. The van der Waals surface area contributed by atoms with Crippen molar-refractivity contribution in [2.45, 2.75) is 39.5 Å². The van der Waals surface area contributed by atoms with Gasteiger partial charge in [-0.3, -0.25) is 4.79 Å². The Bertz CT molecular complexity index is 492. The molecule has 2 rings (SSSR count). The number of benzene rings is 1. The minimum absolute atomic E-state index is 0. The van der Waals surface area contributed by atoms with E-state index in [2.05, 4.69) is 33.1 Å². The minimum Gasteiger partial charge on any atom is -0.326 e. The molecule has 0 spiro atoms. The third-order valence-corrected chi connectivity index (χ3v) is 4.74. The first kappa shape index (κ1) is 19.5. The van der Waals surface area contributed by atoms with Gasteiger partial charge in [0.2, 0.25) is 5.91 Å². The highest BCUT2D eigenvalue weighted by atomic mass is 79.9. The van der Waals surface area contributed by atoms with Crippen molar-refractivity contribution >= 4 is 39.9 Å². The number of halogens is 2. The lowest BCUT2D eigenvalue weighted by atomic mass is 10.2. The van der Waals surface area contributed by atoms with Crippen LogP contribution < -0.4 is 5.32 Å². The Hall–Kier alpha value is -0.580. The molecule has 3 nitrogen and oxygen atoms in total. The predicted octanol–water partition coefficient (Wildman–Crippen LogP) is 4.63. The van der Waals surface area contributed by atoms with Crippen LogP contribution in [0.25, 0.3) is 0 Å². The number of amides is 1. The Morgan fingerprint density at radius 2 is 2.09 bits per heavy atom. The van der Waals surface area contributed by atoms with Crippen LogP contribution in [0.5, 0.6) is 0 Å². The first-order valence-corrected chi connectivity index (χ1v) is 8.66. The number of hydrogen-bond acceptors (Lipinski definition) is 2. The summed E-state index contributed by atoms with van der Waals surface area (Å²) in [6.45, 7) is 7.36. The summed E-state index contributed by atoms with van der Waals surface area (Å²) in [5.41, 5.74) is 2.01. The molecule has 0 atom stereocenters. The van der Waals surface area contributed by atoms with Gasteiger partial charge in [0, 0.05) is 29.7 Å². The van der Waals surface area contributed by atoms with Crippen molar-refractivity contribution in [3.8, 4) is 0 Å². The van der Waals surface area contributed by atoms with Gasteiger partial charge in [-0.15, -0.1) is 12.4 Å². The molecule has 1 saturated carbocycles. The minimum atomic E-state index is 0. The Balaban J connectivity index is 0.00000242. The van der Waals surface area contributed by atoms with Gasteiger partial charge in [-0.2, -0.15) is 0 Å². The maximum absolute atomic E-state index is 12.1. The summed E-state index contributed by atoms with van der Waals surface area (Å²) in [6, 6.07) is 5.90. The van der Waals surface area contributed by atoms with Crippen LogP contribution in [-0.4, -0.2) is 30.4 Å². The maximum atomic E-state index is 12.1. The van der Waals surface area contributed by atoms with Crippen LogP contribution >= 0.6 is 28.3 Å². The molecule has 1 aromatic rings. The molecule has 1 aromatic carbocycles. The van der Waals surface area contributed by atoms with Crippen molar-refractivity contribution in [2.24, 2.45) is 5.92 Å². The summed E-state index contributed by atoms with van der Waals surface area (Å²) < 4.78 is 1.07. The van der Waals surface area contributed by atoms with E-state index in [1.54, 1.807) is 0 Å². The summed E-state index contributed by atoms with van der Waals surface area (Å²) in [5, 5.41) is 2.99. The second-order valence-electron chi connectivity index (χ2n) is 6.01. The summed E-state index contributed by atoms with van der Waals surface area (Å²) in [6.07, 6.45) is 4.46. The molecule has 1 N–H and O–H groups in total. The predicted molar refractivity (Wildman–Crippen MR) is 98.8 cm³/mol. The molecule has 22 heavy (non-hydrogen) atoms. The Morgan fingerprint density at radius 1 is 1.36 bits per heavy atom. The number of hydrogen-bond donors (Lipinski definition) is 1. The topological polar surface area (TPSA) is 32.3 Å². The lowest BCUT2D eigenvalue weighted by Gasteiger charge is -2.21. The molecule has 0 aromatic heterocycles. The summed E-state index contributed by atoms with van der Waals surface area (Å²) in [5.74, 6) is 0.988. The lowest BCUT2D eigenvalue weighted by Crippen LogP contribution is -2.30. The number of carbonyl (C=O) groups is 1. The third-order valence-electron chi connectivity index (χ3n) is 3.85. The number of rotatable bonds is 8. The molecule has 0 saturated heterocycles. The quantitative estimate of drug-likeness (QED) is 0.703. The van der Waals surface area contributed by atoms with Crippen molar-refractivity contribution in [2.75, 3.05) is 25.0 Å². The molecule has 1 aliphatic rings. The first-order chi connectivity index (χ1) is 10.1. The average Bonchev–Trinajstić information content (AvgIpc) is 3.24. The highest BCUT2D eigenvalue weighted by Gasteiger charge is 2.24. The second kappa shape index (κ2) is 9.53. The third kappa shape index (κ3) is 6.67. The molecule has 0 unspecified atom stereocenters. The molecule has 0 bridgehead atoms. The van der Waals surface area contributed by atoms with E-state index in [0.717, 1.165) is 41.2 Å². The molecule has 1 amide bonds. The van der Waals surface area contributed by atoms with Crippen molar-refractivity contribution in [1.29, 1.82) is 0 Å². The van der Waals surface area contributed by atoms with Crippen LogP contribution in [0.4, 0.5) is 5.69 Å². The lowest BCUT2D eigenvalue weighted by molar-refractivity contribution is -0.116. The van der Waals surface area contributed by atoms with Gasteiger partial charge in [0.25, 0.3) is 0 Å². The fraction of sp³-hybridized carbons (Fsp3) is 0.588. The molecule has 5 heteroatoms. The number of aryl methyl sites for hydroxylation is 1. The Labute approximate surface area is 148 Å². The summed E-state index contributed by atoms with van der Waals surface area (Å²) in [7, 11) is 0. The SMILES string of the molecule is CCCN(CCC(=O)Nc1ccc(Br)c(C)c1)CC1CC1.Cl. The largest absolute Gasteiger partial charge is 0.326 e. The van der Waals surface area contributed by atoms with Crippen LogP contribution in [0.2, 0.25) is 0 Å². The normalized spacial score (nSPS) is 13.8. The Kier molecular flexibility index (Phi) is 8.44. The van der Waals surface area contributed by atoms with Gasteiger partial charge >= 0.3 is 0 Å². The fourth-order valence-corrected chi connectivity index (χ4v) is 2.73. The van der Waals surface area contributed by atoms with E-state index in [1.807, 2.05) is 25.1 Å². The zero-order chi connectivity index (χ0) is 15.2. The van der Waals surface area contributed by atoms with Gasteiger partial charge in [0.1, 0.15) is 0 Å². The Morgan fingerprint density at radius 3 is 2.68 bits per heavy atom. The number of nitrogens with zero attached hydrogens (tertiary/aromatic N) is 1. The van der Waals surface area contributed by atoms with E-state index in [1.165, 1.54) is 19.4 Å². The van der Waals surface area contributed by atoms with Gasteiger partial charge in [0.15, 0.2) is 0 Å². The molecule has 0 heterocycles. The molecular formula is C17H26BrClN2O. The average molecular weight is 390 g/mol. The van der Waals surface area contributed by atoms with Gasteiger partial charge in [0.05, 0.1) is 0 Å². The molecule has 0 aliphatic heterocycles. The molecule has 124 valence electrons. The van der Waals surface area contributed by atoms with Crippen LogP contribution in [0.1, 0.15) is 38.2 Å². The van der Waals surface area contributed by atoms with E-state index >= 15 is 0 Å². The van der Waals surface area contributed by atoms with E-state index in [0.29, 0.717) is 6.42 Å². The van der Waals surface area contributed by atoms with E-state index in [4.69, 9.17) is 0 Å². The van der Waals surface area contributed by atoms with Crippen molar-refractivity contribution in [3.63, 3.8) is 0 Å². The first-order valence-electron chi connectivity index (χ1n) is 7.87. The second-order valence-corrected chi connectivity index (χ2v) is 6.86. The van der Waals surface area contributed by atoms with Crippen LogP contribution in [0, 0.1) is 12.8 Å². The summed E-state index contributed by atoms with van der Waals surface area (Å²) in [4.78, 5) is 14.5. The van der Waals surface area contributed by atoms with Gasteiger partial charge < -0.3 is 10.2 Å². The van der Waals surface area contributed by atoms with Gasteiger partial charge in [-0.05, 0) is 62.4 Å². The number of carbonyl (C=O) groups excluding carboxylic acids is 1. The monoisotopic (exact) mass is 388 g/mol. The van der Waals surface area contributed by atoms with E-state index < -0.39 is 0 Å². The van der Waals surface area contributed by atoms with Crippen LogP contribution in [0.3, 0.4) is 0 Å². The molecule has 0 radical (unpaired) electrons. The van der Waals surface area contributed by atoms with Gasteiger partial charge in [-0.1, -0.05) is 22.9 Å². The van der Waals surface area contributed by atoms with Crippen molar-refractivity contribution < 1.29 is 4.79 Å². The number of anilines is 1. The van der Waals surface area contributed by atoms with Crippen LogP contribution in [0.15, 0.2) is 22.7 Å². The zero-order valence-corrected chi connectivity index (χ0v) is 15.8. The van der Waals surface area contributed by atoms with E-state index in [9.17, 15) is 4.79 Å². The number of nitrogens with one attached hydrogen (secondary N) is 1. The smallest absolute Gasteiger partial charge is 0.225 e. The van der Waals surface area contributed by atoms with E-state index in [-0.39, 0.29) is 18.3 Å². The van der Waals surface area contributed by atoms with Crippen molar-refractivity contribution in [1.82, 2.24) is 4.90 Å². The molecular weight excluding hydrogens is 364 g/mol. The molecule has 1 aliphatic carbocycles. The molecule has 1 fully saturated rings. The summed E-state index contributed by atoms with van der Waals surface area (Å²) >= 11 is 3.47. The fourth-order valence-electron chi connectivity index (χ4n) is 2.48. The van der Waals surface area contributed by atoms with Crippen molar-refractivity contribution in [3.05, 3.63) is 28.2 Å². The van der Waals surface area contributed by atoms with Crippen LogP contribution in [-0.2, 0) is 4.79 Å².